The van der Waals surface area contributed by atoms with E-state index in [4.69, 9.17) is 5.73 Å². The number of hydrogen-bond donors (Lipinski definition) is 1. The van der Waals surface area contributed by atoms with Crippen LogP contribution in [0.1, 0.15) is 32.1 Å². The lowest BCUT2D eigenvalue weighted by Gasteiger charge is -2.13. The van der Waals surface area contributed by atoms with Crippen LogP contribution in [0.15, 0.2) is 17.8 Å². The number of Topliss-reactive ketones (excluding diaryl/α,β-unsaturated/α-hetero) is 1. The van der Waals surface area contributed by atoms with Gasteiger partial charge in [0.15, 0.2) is 0 Å². The minimum absolute atomic E-state index is 0.0162. The molecule has 15 heavy (non-hydrogen) atoms. The fourth-order valence-corrected chi connectivity index (χ4v) is 1.50. The molecule has 0 saturated heterocycles. The fraction of sp³-hybridized carbons (Fsp3) is 0.182. The molecule has 0 atom stereocenters. The molecule has 0 unspecified atom stereocenters. The van der Waals surface area contributed by atoms with Gasteiger partial charge in [0.25, 0.3) is 0 Å². The highest BCUT2D eigenvalue weighted by atomic mass is 16.1. The first-order valence-corrected chi connectivity index (χ1v) is 4.55. The molecule has 4 heteroatoms. The van der Waals surface area contributed by atoms with Crippen LogP contribution in [-0.2, 0) is 0 Å². The Morgan fingerprint density at radius 3 is 2.60 bits per heavy atom. The van der Waals surface area contributed by atoms with Crippen molar-refractivity contribution in [3.8, 4) is 0 Å². The summed E-state index contributed by atoms with van der Waals surface area (Å²) in [6.07, 6.45) is 1.13. The summed E-state index contributed by atoms with van der Waals surface area (Å²) in [6, 6.07) is 1.66. The SMILES string of the molecule is Cc1cc2c(nc1C)C(=O)C=C(N)C2=O. The molecule has 0 amide bonds. The number of ketones is 2. The monoisotopic (exact) mass is 202 g/mol. The Morgan fingerprint density at radius 2 is 1.93 bits per heavy atom. The summed E-state index contributed by atoms with van der Waals surface area (Å²) >= 11 is 0. The zero-order chi connectivity index (χ0) is 11.2. The van der Waals surface area contributed by atoms with Crippen LogP contribution in [0.4, 0.5) is 0 Å². The third kappa shape index (κ3) is 1.34. The zero-order valence-electron chi connectivity index (χ0n) is 8.50. The molecule has 1 aliphatic carbocycles. The molecule has 0 radical (unpaired) electrons. The van der Waals surface area contributed by atoms with Crippen molar-refractivity contribution in [1.29, 1.82) is 0 Å². The van der Waals surface area contributed by atoms with Gasteiger partial charge in [0.2, 0.25) is 11.6 Å². The van der Waals surface area contributed by atoms with Crippen LogP contribution >= 0.6 is 0 Å². The molecule has 1 aromatic heterocycles. The van der Waals surface area contributed by atoms with Gasteiger partial charge in [0.05, 0.1) is 11.3 Å². The lowest BCUT2D eigenvalue weighted by Crippen LogP contribution is -2.23. The first kappa shape index (κ1) is 9.58. The number of nitrogens with two attached hydrogens (primary N) is 1. The third-order valence-corrected chi connectivity index (χ3v) is 2.49. The smallest absolute Gasteiger partial charge is 0.211 e. The molecule has 0 aromatic carbocycles. The molecule has 1 aromatic rings. The highest BCUT2D eigenvalue weighted by Gasteiger charge is 2.25. The summed E-state index contributed by atoms with van der Waals surface area (Å²) in [5, 5.41) is 0. The van der Waals surface area contributed by atoms with Crippen molar-refractivity contribution in [3.05, 3.63) is 40.4 Å². The highest BCUT2D eigenvalue weighted by molar-refractivity contribution is 6.23. The molecular weight excluding hydrogens is 192 g/mol. The predicted octanol–water partition coefficient (Wildman–Crippen LogP) is 0.920. The van der Waals surface area contributed by atoms with Crippen molar-refractivity contribution >= 4 is 11.6 Å². The van der Waals surface area contributed by atoms with Crippen LogP contribution in [0.25, 0.3) is 0 Å². The number of aryl methyl sites for hydroxylation is 2. The van der Waals surface area contributed by atoms with E-state index >= 15 is 0 Å². The maximum atomic E-state index is 11.6. The second-order valence-electron chi connectivity index (χ2n) is 3.58. The molecule has 1 heterocycles. The maximum absolute atomic E-state index is 11.6. The van der Waals surface area contributed by atoms with Crippen LogP contribution in [0.5, 0.6) is 0 Å². The molecule has 0 saturated carbocycles. The number of nitrogens with zero attached hydrogens (tertiary/aromatic N) is 1. The lowest BCUT2D eigenvalue weighted by atomic mass is 9.95. The molecule has 2 rings (SSSR count). The van der Waals surface area contributed by atoms with Crippen LogP contribution in [-0.4, -0.2) is 16.6 Å². The van der Waals surface area contributed by atoms with Crippen molar-refractivity contribution in [2.24, 2.45) is 5.73 Å². The summed E-state index contributed by atoms with van der Waals surface area (Å²) in [7, 11) is 0. The van der Waals surface area contributed by atoms with Crippen molar-refractivity contribution in [1.82, 2.24) is 4.98 Å². The average molecular weight is 202 g/mol. The molecular formula is C11H10N2O2. The molecule has 0 spiro atoms. The minimum atomic E-state index is -0.319. The standard InChI is InChI=1S/C11H10N2O2/c1-5-3-7-10(13-6(5)2)9(14)4-8(12)11(7)15/h3-4H,12H2,1-2H3. The number of rotatable bonds is 0. The van der Waals surface area contributed by atoms with E-state index in [0.29, 0.717) is 5.56 Å². The first-order valence-electron chi connectivity index (χ1n) is 4.55. The Kier molecular flexibility index (Phi) is 1.93. The summed E-state index contributed by atoms with van der Waals surface area (Å²) in [4.78, 5) is 27.3. The number of hydrogen-bond acceptors (Lipinski definition) is 4. The highest BCUT2D eigenvalue weighted by Crippen LogP contribution is 2.19. The lowest BCUT2D eigenvalue weighted by molar-refractivity contribution is 0.0979. The normalized spacial score (nSPS) is 14.9. The molecule has 76 valence electrons. The first-order chi connectivity index (χ1) is 7.00. The maximum Gasteiger partial charge on any atom is 0.211 e. The van der Waals surface area contributed by atoms with E-state index in [1.54, 1.807) is 13.0 Å². The van der Waals surface area contributed by atoms with Gasteiger partial charge in [-0.3, -0.25) is 9.59 Å². The largest absolute Gasteiger partial charge is 0.395 e. The van der Waals surface area contributed by atoms with Crippen LogP contribution in [0.3, 0.4) is 0 Å². The molecule has 4 nitrogen and oxygen atoms in total. The van der Waals surface area contributed by atoms with Crippen molar-refractivity contribution in [3.63, 3.8) is 0 Å². The number of pyridine rings is 1. The second kappa shape index (κ2) is 3.02. The Balaban J connectivity index is 2.73. The van der Waals surface area contributed by atoms with Crippen LogP contribution < -0.4 is 5.73 Å². The van der Waals surface area contributed by atoms with E-state index in [2.05, 4.69) is 4.98 Å². The number of carbonyl (C=O) groups is 2. The van der Waals surface area contributed by atoms with Gasteiger partial charge in [-0.15, -0.1) is 0 Å². The van der Waals surface area contributed by atoms with Gasteiger partial charge in [0.1, 0.15) is 5.69 Å². The Morgan fingerprint density at radius 1 is 1.27 bits per heavy atom. The molecule has 0 bridgehead atoms. The summed E-state index contributed by atoms with van der Waals surface area (Å²) in [5.41, 5.74) is 7.57. The van der Waals surface area contributed by atoms with Crippen molar-refractivity contribution in [2.45, 2.75) is 13.8 Å². The quantitative estimate of drug-likeness (QED) is 0.679. The van der Waals surface area contributed by atoms with Gasteiger partial charge in [0, 0.05) is 11.8 Å². The summed E-state index contributed by atoms with van der Waals surface area (Å²) in [5.74, 6) is -0.620. The van der Waals surface area contributed by atoms with Gasteiger partial charge < -0.3 is 5.73 Å². The summed E-state index contributed by atoms with van der Waals surface area (Å²) < 4.78 is 0. The van der Waals surface area contributed by atoms with Crippen molar-refractivity contribution in [2.75, 3.05) is 0 Å². The Labute approximate surface area is 86.8 Å². The molecule has 2 N–H and O–H groups in total. The summed E-state index contributed by atoms with van der Waals surface area (Å²) in [6.45, 7) is 3.64. The number of fused-ring (bicyclic) bond motifs is 1. The Hall–Kier alpha value is -1.97. The zero-order valence-corrected chi connectivity index (χ0v) is 8.50. The number of allylic oxidation sites excluding steroid dienone is 2. The van der Waals surface area contributed by atoms with Gasteiger partial charge in [-0.1, -0.05) is 0 Å². The van der Waals surface area contributed by atoms with Gasteiger partial charge in [-0.05, 0) is 25.5 Å². The van der Waals surface area contributed by atoms with E-state index in [9.17, 15) is 9.59 Å². The van der Waals surface area contributed by atoms with Gasteiger partial charge in [-0.2, -0.15) is 0 Å². The molecule has 0 fully saturated rings. The topological polar surface area (TPSA) is 73.1 Å². The fourth-order valence-electron chi connectivity index (χ4n) is 1.50. The van der Waals surface area contributed by atoms with E-state index in [1.807, 2.05) is 6.92 Å². The number of carbonyl (C=O) groups excluding carboxylic acids is 2. The van der Waals surface area contributed by atoms with Crippen LogP contribution in [0, 0.1) is 13.8 Å². The van der Waals surface area contributed by atoms with Crippen molar-refractivity contribution < 1.29 is 9.59 Å². The molecule has 0 aliphatic heterocycles. The third-order valence-electron chi connectivity index (χ3n) is 2.49. The van der Waals surface area contributed by atoms with E-state index in [0.717, 1.165) is 17.3 Å². The van der Waals surface area contributed by atoms with Gasteiger partial charge in [-0.25, -0.2) is 4.98 Å². The predicted molar refractivity (Wildman–Crippen MR) is 54.6 cm³/mol. The minimum Gasteiger partial charge on any atom is -0.395 e. The second-order valence-corrected chi connectivity index (χ2v) is 3.58. The van der Waals surface area contributed by atoms with E-state index in [1.165, 1.54) is 0 Å². The number of aromatic nitrogens is 1. The van der Waals surface area contributed by atoms with E-state index < -0.39 is 0 Å². The van der Waals surface area contributed by atoms with E-state index in [-0.39, 0.29) is 23.0 Å². The van der Waals surface area contributed by atoms with Gasteiger partial charge >= 0.3 is 0 Å². The van der Waals surface area contributed by atoms with Crippen LogP contribution in [0.2, 0.25) is 0 Å². The average Bonchev–Trinajstić information content (AvgIpc) is 2.18. The molecule has 1 aliphatic rings. The Bertz CT molecular complexity index is 516.